The average molecular weight is 483 g/mol. The molecule has 1 aliphatic heterocycles. The smallest absolute Gasteiger partial charge is 0.308 e. The van der Waals surface area contributed by atoms with Crippen molar-refractivity contribution in [3.8, 4) is 0 Å². The van der Waals surface area contributed by atoms with E-state index in [1.807, 2.05) is 94.4 Å². The molecule has 4 rings (SSSR count). The van der Waals surface area contributed by atoms with Gasteiger partial charge in [-0.15, -0.1) is 0 Å². The summed E-state index contributed by atoms with van der Waals surface area (Å²) in [7, 11) is 0. The maximum absolute atomic E-state index is 13.8. The third-order valence-electron chi connectivity index (χ3n) is 5.94. The van der Waals surface area contributed by atoms with E-state index < -0.39 is 23.5 Å². The Bertz CT molecular complexity index is 1330. The van der Waals surface area contributed by atoms with E-state index in [1.54, 1.807) is 12.1 Å². The number of nitrogens with one attached hydrogen (secondary N) is 2. The van der Waals surface area contributed by atoms with Crippen LogP contribution in [-0.4, -0.2) is 36.1 Å². The molecular weight excluding hydrogens is 452 g/mol. The van der Waals surface area contributed by atoms with Crippen LogP contribution in [0.5, 0.6) is 0 Å². The molecule has 7 nitrogen and oxygen atoms in total. The zero-order valence-electron chi connectivity index (χ0n) is 20.9. The third-order valence-corrected chi connectivity index (χ3v) is 5.94. The zero-order chi connectivity index (χ0) is 25.9. The van der Waals surface area contributed by atoms with E-state index in [0.717, 1.165) is 11.1 Å². The molecule has 184 valence electrons. The SMILES string of the molecule is Cc1cccc(NC(=O)N[C@H]2N=C(c3ccccc3)c3ccccc3N(CC(=O)C(C)(C)C)C2=O)c1. The molecule has 0 fully saturated rings. The van der Waals surface area contributed by atoms with E-state index in [1.165, 1.54) is 4.90 Å². The summed E-state index contributed by atoms with van der Waals surface area (Å²) >= 11 is 0. The molecule has 3 amide bonds. The van der Waals surface area contributed by atoms with Gasteiger partial charge in [-0.1, -0.05) is 81.4 Å². The lowest BCUT2D eigenvalue weighted by molar-refractivity contribution is -0.127. The molecular formula is C29H30N4O3. The van der Waals surface area contributed by atoms with Crippen molar-refractivity contribution < 1.29 is 14.4 Å². The number of para-hydroxylation sites is 1. The summed E-state index contributed by atoms with van der Waals surface area (Å²) in [6.45, 7) is 7.26. The predicted molar refractivity (Wildman–Crippen MR) is 142 cm³/mol. The lowest BCUT2D eigenvalue weighted by atomic mass is 9.90. The largest absolute Gasteiger partial charge is 0.321 e. The summed E-state index contributed by atoms with van der Waals surface area (Å²) in [6, 6.07) is 23.6. The summed E-state index contributed by atoms with van der Waals surface area (Å²) in [5, 5.41) is 5.48. The highest BCUT2D eigenvalue weighted by molar-refractivity contribution is 6.21. The highest BCUT2D eigenvalue weighted by atomic mass is 16.2. The van der Waals surface area contributed by atoms with Gasteiger partial charge in [0, 0.05) is 22.2 Å². The van der Waals surface area contributed by atoms with E-state index >= 15 is 0 Å². The van der Waals surface area contributed by atoms with E-state index in [-0.39, 0.29) is 12.3 Å². The maximum Gasteiger partial charge on any atom is 0.321 e. The third kappa shape index (κ3) is 5.51. The summed E-state index contributed by atoms with van der Waals surface area (Å²) < 4.78 is 0. The van der Waals surface area contributed by atoms with E-state index in [4.69, 9.17) is 4.99 Å². The normalized spacial score (nSPS) is 15.4. The van der Waals surface area contributed by atoms with Crippen LogP contribution in [0.3, 0.4) is 0 Å². The van der Waals surface area contributed by atoms with Gasteiger partial charge >= 0.3 is 6.03 Å². The van der Waals surface area contributed by atoms with Gasteiger partial charge in [-0.2, -0.15) is 0 Å². The number of Topliss-reactive ketones (excluding diaryl/α,β-unsaturated/α-hetero) is 1. The number of aryl methyl sites for hydroxylation is 1. The Morgan fingerprint density at radius 3 is 2.33 bits per heavy atom. The first kappa shape index (κ1) is 24.9. The van der Waals surface area contributed by atoms with Gasteiger partial charge < -0.3 is 15.5 Å². The second-order valence-electron chi connectivity index (χ2n) is 9.83. The van der Waals surface area contributed by atoms with Crippen molar-refractivity contribution in [3.05, 3.63) is 95.6 Å². The van der Waals surface area contributed by atoms with Gasteiger partial charge in [-0.05, 0) is 30.7 Å². The summed E-state index contributed by atoms with van der Waals surface area (Å²) in [4.78, 5) is 45.9. The number of nitrogens with zero attached hydrogens (tertiary/aromatic N) is 2. The van der Waals surface area contributed by atoms with Crippen molar-refractivity contribution >= 4 is 34.8 Å². The van der Waals surface area contributed by atoms with Gasteiger partial charge in [0.1, 0.15) is 0 Å². The van der Waals surface area contributed by atoms with Crippen LogP contribution in [0.2, 0.25) is 0 Å². The number of aliphatic imine (C=N–C) groups is 1. The van der Waals surface area contributed by atoms with Crippen molar-refractivity contribution in [1.82, 2.24) is 5.32 Å². The van der Waals surface area contributed by atoms with Crippen LogP contribution < -0.4 is 15.5 Å². The van der Waals surface area contributed by atoms with Gasteiger partial charge in [0.2, 0.25) is 6.17 Å². The number of amides is 3. The first-order chi connectivity index (χ1) is 17.1. The van der Waals surface area contributed by atoms with Crippen LogP contribution >= 0.6 is 0 Å². The highest BCUT2D eigenvalue weighted by Crippen LogP contribution is 2.29. The first-order valence-corrected chi connectivity index (χ1v) is 11.8. The van der Waals surface area contributed by atoms with Crippen LogP contribution in [0, 0.1) is 12.3 Å². The fourth-order valence-electron chi connectivity index (χ4n) is 3.91. The second kappa shape index (κ2) is 10.2. The number of carbonyl (C=O) groups is 3. The maximum atomic E-state index is 13.8. The van der Waals surface area contributed by atoms with Gasteiger partial charge in [0.25, 0.3) is 5.91 Å². The average Bonchev–Trinajstić information content (AvgIpc) is 2.94. The molecule has 3 aromatic rings. The Kier molecular flexibility index (Phi) is 7.01. The minimum Gasteiger partial charge on any atom is -0.308 e. The number of benzodiazepines with no additional fused rings is 1. The molecule has 0 aliphatic carbocycles. The van der Waals surface area contributed by atoms with Crippen LogP contribution in [0.4, 0.5) is 16.2 Å². The van der Waals surface area contributed by atoms with E-state index in [2.05, 4.69) is 10.6 Å². The molecule has 0 saturated carbocycles. The van der Waals surface area contributed by atoms with Gasteiger partial charge in [-0.25, -0.2) is 9.79 Å². The Morgan fingerprint density at radius 1 is 0.944 bits per heavy atom. The zero-order valence-corrected chi connectivity index (χ0v) is 20.9. The van der Waals surface area contributed by atoms with Crippen LogP contribution in [0.25, 0.3) is 0 Å². The minimum atomic E-state index is -1.23. The molecule has 0 spiro atoms. The molecule has 36 heavy (non-hydrogen) atoms. The highest BCUT2D eigenvalue weighted by Gasteiger charge is 2.35. The Labute approximate surface area is 211 Å². The molecule has 0 unspecified atom stereocenters. The summed E-state index contributed by atoms with van der Waals surface area (Å²) in [5.41, 5.74) is 3.59. The van der Waals surface area contributed by atoms with Crippen LogP contribution in [-0.2, 0) is 9.59 Å². The number of urea groups is 1. The fourth-order valence-corrected chi connectivity index (χ4v) is 3.91. The van der Waals surface area contributed by atoms with E-state index in [9.17, 15) is 14.4 Å². The standard InChI is InChI=1S/C29H30N4O3/c1-19-11-10-14-21(17-19)30-28(36)32-26-27(35)33(18-24(34)29(2,3)4)23-16-9-8-15-22(23)25(31-26)20-12-6-5-7-13-20/h5-17,26H,18H2,1-4H3,(H2,30,32,36)/t26-/m1/s1. The summed E-state index contributed by atoms with van der Waals surface area (Å²) in [5.74, 6) is -0.581. The van der Waals surface area contributed by atoms with Gasteiger partial charge in [0.15, 0.2) is 5.78 Å². The topological polar surface area (TPSA) is 90.9 Å². The number of hydrogen-bond acceptors (Lipinski definition) is 4. The van der Waals surface area contributed by atoms with Crippen molar-refractivity contribution in [1.29, 1.82) is 0 Å². The molecule has 1 aliphatic rings. The number of rotatable bonds is 5. The molecule has 1 heterocycles. The Balaban J connectivity index is 1.75. The van der Waals surface area contributed by atoms with E-state index in [0.29, 0.717) is 22.6 Å². The van der Waals surface area contributed by atoms with Crippen molar-refractivity contribution in [2.45, 2.75) is 33.9 Å². The van der Waals surface area contributed by atoms with Gasteiger partial charge in [0.05, 0.1) is 17.9 Å². The molecule has 1 atom stereocenters. The quantitative estimate of drug-likeness (QED) is 0.540. The van der Waals surface area contributed by atoms with Gasteiger partial charge in [-0.3, -0.25) is 9.59 Å². The molecule has 0 saturated heterocycles. The fraction of sp³-hybridized carbons (Fsp3) is 0.241. The number of hydrogen-bond donors (Lipinski definition) is 2. The Morgan fingerprint density at radius 2 is 1.64 bits per heavy atom. The number of benzene rings is 3. The second-order valence-corrected chi connectivity index (χ2v) is 9.83. The number of ketones is 1. The first-order valence-electron chi connectivity index (χ1n) is 11.8. The number of anilines is 2. The van der Waals surface area contributed by atoms with Crippen molar-refractivity contribution in [3.63, 3.8) is 0 Å². The van der Waals surface area contributed by atoms with Crippen LogP contribution in [0.15, 0.2) is 83.9 Å². The number of carbonyl (C=O) groups excluding carboxylic acids is 3. The molecule has 0 bridgehead atoms. The lowest BCUT2D eigenvalue weighted by Crippen LogP contribution is -2.50. The predicted octanol–water partition coefficient (Wildman–Crippen LogP) is 4.94. The molecule has 3 aromatic carbocycles. The van der Waals surface area contributed by atoms with Crippen molar-refractivity contribution in [2.75, 3.05) is 16.8 Å². The molecule has 0 radical (unpaired) electrons. The summed E-state index contributed by atoms with van der Waals surface area (Å²) in [6.07, 6.45) is -1.23. The minimum absolute atomic E-state index is 0.100. The lowest BCUT2D eigenvalue weighted by Gasteiger charge is -2.28. The number of fused-ring (bicyclic) bond motifs is 1. The Hall–Kier alpha value is -4.26. The van der Waals surface area contributed by atoms with Crippen LogP contribution in [0.1, 0.15) is 37.5 Å². The van der Waals surface area contributed by atoms with Crippen molar-refractivity contribution in [2.24, 2.45) is 10.4 Å². The molecule has 2 N–H and O–H groups in total. The molecule has 0 aromatic heterocycles. The monoisotopic (exact) mass is 482 g/mol. The molecule has 7 heteroatoms.